The fourth-order valence-electron chi connectivity index (χ4n) is 3.29. The maximum atomic E-state index is 10.2. The topological polar surface area (TPSA) is 117 Å². The SMILES string of the molecule is CC(COn1nnc2ccccc21)(Oc1c(Cl)c(Cl)c(O)c(C#N)c1C#N)c1ccc(Cl)cc1. The van der Waals surface area contributed by atoms with Crippen molar-refractivity contribution in [2.24, 2.45) is 0 Å². The van der Waals surface area contributed by atoms with E-state index in [9.17, 15) is 15.6 Å². The van der Waals surface area contributed by atoms with Crippen molar-refractivity contribution in [2.45, 2.75) is 12.5 Å². The highest BCUT2D eigenvalue weighted by molar-refractivity contribution is 6.44. The number of phenols is 1. The summed E-state index contributed by atoms with van der Waals surface area (Å²) in [6, 6.07) is 17.6. The van der Waals surface area contributed by atoms with Gasteiger partial charge in [0.25, 0.3) is 0 Å². The molecule has 1 N–H and O–H groups in total. The van der Waals surface area contributed by atoms with Gasteiger partial charge >= 0.3 is 0 Å². The van der Waals surface area contributed by atoms with Gasteiger partial charge in [-0.1, -0.05) is 63.9 Å². The fourth-order valence-corrected chi connectivity index (χ4v) is 3.82. The number of nitrogens with zero attached hydrogens (tertiary/aromatic N) is 5. The van der Waals surface area contributed by atoms with Gasteiger partial charge in [0.2, 0.25) is 0 Å². The average molecular weight is 515 g/mol. The summed E-state index contributed by atoms with van der Waals surface area (Å²) in [7, 11) is 0. The largest absolute Gasteiger partial charge is 0.505 e. The summed E-state index contributed by atoms with van der Waals surface area (Å²) in [6.07, 6.45) is 0. The van der Waals surface area contributed by atoms with Crippen molar-refractivity contribution in [1.29, 1.82) is 10.5 Å². The molecule has 0 spiro atoms. The number of benzene rings is 3. The summed E-state index contributed by atoms with van der Waals surface area (Å²) in [5.41, 5.74) is -0.00947. The number of nitriles is 2. The Morgan fingerprint density at radius 3 is 2.35 bits per heavy atom. The van der Waals surface area contributed by atoms with Crippen LogP contribution in [0.5, 0.6) is 11.5 Å². The van der Waals surface area contributed by atoms with Crippen molar-refractivity contribution in [3.63, 3.8) is 0 Å². The first-order chi connectivity index (χ1) is 16.3. The number of ether oxygens (including phenoxy) is 1. The van der Waals surface area contributed by atoms with Gasteiger partial charge in [-0.05, 0) is 42.0 Å². The second-order valence-corrected chi connectivity index (χ2v) is 8.54. The molecule has 0 aliphatic carbocycles. The molecule has 8 nitrogen and oxygen atoms in total. The van der Waals surface area contributed by atoms with Gasteiger partial charge < -0.3 is 14.7 Å². The number of aromatic nitrogens is 3. The maximum absolute atomic E-state index is 10.2. The fraction of sp³-hybridized carbons (Fsp3) is 0.130. The van der Waals surface area contributed by atoms with E-state index in [0.717, 1.165) is 0 Å². The van der Waals surface area contributed by atoms with E-state index in [0.29, 0.717) is 21.6 Å². The summed E-state index contributed by atoms with van der Waals surface area (Å²) < 4.78 is 6.24. The van der Waals surface area contributed by atoms with Crippen LogP contribution in [0, 0.1) is 22.7 Å². The lowest BCUT2D eigenvalue weighted by molar-refractivity contribution is -0.0334. The molecule has 3 aromatic carbocycles. The number of hydrogen-bond donors (Lipinski definition) is 1. The standard InChI is InChI=1S/C23H14Cl3N5O3/c1-23(13-6-8-14(24)9-7-13,12-33-31-18-5-3-2-4-17(18)29-30-31)34-22-16(11-28)15(10-27)21(32)19(25)20(22)26/h2-9,32H,12H2,1H3. The molecule has 0 fully saturated rings. The van der Waals surface area contributed by atoms with Gasteiger partial charge in [-0.3, -0.25) is 0 Å². The lowest BCUT2D eigenvalue weighted by Crippen LogP contribution is -2.39. The van der Waals surface area contributed by atoms with Crippen molar-refractivity contribution < 1.29 is 14.7 Å². The molecule has 0 amide bonds. The number of phenolic OH excluding ortho intramolecular Hbond substituents is 1. The Kier molecular flexibility index (Phi) is 6.41. The van der Waals surface area contributed by atoms with Crippen molar-refractivity contribution in [3.8, 4) is 23.6 Å². The molecular weight excluding hydrogens is 501 g/mol. The van der Waals surface area contributed by atoms with Gasteiger partial charge in [0, 0.05) is 5.02 Å². The second kappa shape index (κ2) is 9.28. The third-order valence-corrected chi connectivity index (χ3v) is 6.18. The third-order valence-electron chi connectivity index (χ3n) is 5.10. The zero-order valence-corrected chi connectivity index (χ0v) is 19.7. The van der Waals surface area contributed by atoms with E-state index in [-0.39, 0.29) is 33.5 Å². The van der Waals surface area contributed by atoms with Crippen LogP contribution in [0.2, 0.25) is 15.1 Å². The van der Waals surface area contributed by atoms with Crippen LogP contribution in [0.25, 0.3) is 11.0 Å². The molecule has 1 aromatic heterocycles. The summed E-state index contributed by atoms with van der Waals surface area (Å²) >= 11 is 18.5. The van der Waals surface area contributed by atoms with Crippen LogP contribution in [0.3, 0.4) is 0 Å². The van der Waals surface area contributed by atoms with Gasteiger partial charge in [-0.25, -0.2) is 0 Å². The van der Waals surface area contributed by atoms with E-state index in [1.54, 1.807) is 49.4 Å². The van der Waals surface area contributed by atoms with Crippen LogP contribution in [0.4, 0.5) is 0 Å². The van der Waals surface area contributed by atoms with E-state index >= 15 is 0 Å². The van der Waals surface area contributed by atoms with Crippen LogP contribution in [-0.4, -0.2) is 26.9 Å². The Hall–Kier alpha value is -3.69. The van der Waals surface area contributed by atoms with Crippen LogP contribution >= 0.6 is 34.8 Å². The number of aromatic hydroxyl groups is 1. The molecule has 34 heavy (non-hydrogen) atoms. The molecule has 4 aromatic rings. The Labute approximate surface area is 209 Å². The number of para-hydroxylation sites is 1. The lowest BCUT2D eigenvalue weighted by Gasteiger charge is -2.32. The van der Waals surface area contributed by atoms with E-state index < -0.39 is 11.4 Å². The van der Waals surface area contributed by atoms with Gasteiger partial charge in [-0.15, -0.1) is 5.10 Å². The van der Waals surface area contributed by atoms with Gasteiger partial charge in [0.15, 0.2) is 23.7 Å². The normalized spacial score (nSPS) is 12.5. The highest BCUT2D eigenvalue weighted by atomic mass is 35.5. The monoisotopic (exact) mass is 513 g/mol. The molecule has 1 atom stereocenters. The Morgan fingerprint density at radius 2 is 1.68 bits per heavy atom. The quantitative estimate of drug-likeness (QED) is 0.373. The molecule has 170 valence electrons. The summed E-state index contributed by atoms with van der Waals surface area (Å²) in [5.74, 6) is -0.774. The first-order valence-electron chi connectivity index (χ1n) is 9.72. The predicted molar refractivity (Wildman–Crippen MR) is 126 cm³/mol. The first kappa shape index (κ1) is 23.5. The maximum Gasteiger partial charge on any atom is 0.168 e. The smallest absolute Gasteiger partial charge is 0.168 e. The lowest BCUT2D eigenvalue weighted by atomic mass is 9.96. The molecule has 0 aliphatic heterocycles. The average Bonchev–Trinajstić information content (AvgIpc) is 3.26. The molecule has 4 rings (SSSR count). The first-order valence-corrected chi connectivity index (χ1v) is 10.9. The minimum atomic E-state index is -1.28. The summed E-state index contributed by atoms with van der Waals surface area (Å²) in [5, 5.41) is 37.4. The Bertz CT molecular complexity index is 1470. The van der Waals surface area contributed by atoms with Gasteiger partial charge in [0.05, 0.1) is 0 Å². The van der Waals surface area contributed by atoms with E-state index in [1.807, 2.05) is 18.2 Å². The van der Waals surface area contributed by atoms with E-state index in [1.165, 1.54) is 4.85 Å². The second-order valence-electron chi connectivity index (χ2n) is 7.34. The van der Waals surface area contributed by atoms with Gasteiger partial charge in [0.1, 0.15) is 44.3 Å². The van der Waals surface area contributed by atoms with E-state index in [4.69, 9.17) is 44.4 Å². The number of halogens is 3. The van der Waals surface area contributed by atoms with Crippen molar-refractivity contribution in [3.05, 3.63) is 80.3 Å². The van der Waals surface area contributed by atoms with Crippen LogP contribution in [0.15, 0.2) is 48.5 Å². The summed E-state index contributed by atoms with van der Waals surface area (Å²) in [4.78, 5) is 7.17. The molecule has 0 radical (unpaired) electrons. The number of fused-ring (bicyclic) bond motifs is 1. The van der Waals surface area contributed by atoms with E-state index in [2.05, 4.69) is 10.3 Å². The number of hydrogen-bond acceptors (Lipinski definition) is 7. The van der Waals surface area contributed by atoms with Crippen molar-refractivity contribution in [2.75, 3.05) is 6.61 Å². The van der Waals surface area contributed by atoms with Crippen LogP contribution < -0.4 is 9.57 Å². The van der Waals surface area contributed by atoms with Crippen molar-refractivity contribution in [1.82, 2.24) is 15.2 Å². The summed E-state index contributed by atoms with van der Waals surface area (Å²) in [6.45, 7) is 1.57. The van der Waals surface area contributed by atoms with Crippen molar-refractivity contribution >= 4 is 45.8 Å². The Morgan fingerprint density at radius 1 is 1.00 bits per heavy atom. The molecule has 11 heteroatoms. The molecular formula is C23H14Cl3N5O3. The predicted octanol–water partition coefficient (Wildman–Crippen LogP) is 5.26. The Balaban J connectivity index is 1.80. The van der Waals surface area contributed by atoms with Crippen LogP contribution in [-0.2, 0) is 5.60 Å². The zero-order valence-electron chi connectivity index (χ0n) is 17.5. The highest BCUT2D eigenvalue weighted by Gasteiger charge is 2.35. The zero-order chi connectivity index (χ0) is 24.5. The minimum Gasteiger partial charge on any atom is -0.505 e. The van der Waals surface area contributed by atoms with Gasteiger partial charge in [-0.2, -0.15) is 10.5 Å². The third kappa shape index (κ3) is 4.15. The molecule has 1 unspecified atom stereocenters. The minimum absolute atomic E-state index is 0.121. The number of rotatable bonds is 6. The molecule has 0 aliphatic rings. The highest BCUT2D eigenvalue weighted by Crippen LogP contribution is 2.46. The molecule has 0 saturated carbocycles. The van der Waals surface area contributed by atoms with Crippen LogP contribution in [0.1, 0.15) is 23.6 Å². The molecule has 0 bridgehead atoms. The molecule has 1 heterocycles. The molecule has 0 saturated heterocycles.